The molecule has 0 spiro atoms. The lowest BCUT2D eigenvalue weighted by atomic mass is 9.94. The molecular weight excluding hydrogens is 414 g/mol. The molecule has 0 bridgehead atoms. The Labute approximate surface area is 187 Å². The molecule has 1 N–H and O–H groups in total. The first kappa shape index (κ1) is 24.0. The predicted molar refractivity (Wildman–Crippen MR) is 123 cm³/mol. The lowest BCUT2D eigenvalue weighted by molar-refractivity contribution is -0.117. The van der Waals surface area contributed by atoms with Gasteiger partial charge in [0.1, 0.15) is 5.75 Å². The minimum atomic E-state index is -3.59. The van der Waals surface area contributed by atoms with Crippen LogP contribution in [-0.4, -0.2) is 62.4 Å². The standard InChI is InChI=1S/C23H37N3O4S/c1-18(2)30-22-13-12-20(31(28,29)26-14-8-5-9-15-26)16-21(22)24-23(27)17-25(3)19-10-6-4-7-11-19/h12-13,16,18-19H,4-11,14-15,17H2,1-3H3,(H,24,27). The molecule has 1 aromatic rings. The number of amides is 1. The number of hydrogen-bond donors (Lipinski definition) is 1. The molecule has 31 heavy (non-hydrogen) atoms. The summed E-state index contributed by atoms with van der Waals surface area (Å²) in [5.74, 6) is 0.329. The van der Waals surface area contributed by atoms with Crippen molar-refractivity contribution >= 4 is 21.6 Å². The van der Waals surface area contributed by atoms with Crippen LogP contribution in [0, 0.1) is 0 Å². The quantitative estimate of drug-likeness (QED) is 0.649. The molecule has 1 aliphatic heterocycles. The highest BCUT2D eigenvalue weighted by molar-refractivity contribution is 7.89. The Balaban J connectivity index is 1.77. The molecular formula is C23H37N3O4S. The summed E-state index contributed by atoms with van der Waals surface area (Å²) in [6, 6.07) is 5.19. The second-order valence-corrected chi connectivity index (χ2v) is 11.0. The van der Waals surface area contributed by atoms with Gasteiger partial charge in [0, 0.05) is 19.1 Å². The summed E-state index contributed by atoms with van der Waals surface area (Å²) in [7, 11) is -1.61. The van der Waals surface area contributed by atoms with Crippen molar-refractivity contribution in [1.82, 2.24) is 9.21 Å². The van der Waals surface area contributed by atoms with E-state index < -0.39 is 10.0 Å². The molecule has 2 fully saturated rings. The van der Waals surface area contributed by atoms with Gasteiger partial charge in [0.05, 0.1) is 23.2 Å². The van der Waals surface area contributed by atoms with Gasteiger partial charge >= 0.3 is 0 Å². The summed E-state index contributed by atoms with van der Waals surface area (Å²) in [6.45, 7) is 5.16. The summed E-state index contributed by atoms with van der Waals surface area (Å²) in [4.78, 5) is 15.1. The normalized spacial score (nSPS) is 19.0. The molecule has 2 aliphatic rings. The molecule has 1 saturated heterocycles. The van der Waals surface area contributed by atoms with Crippen molar-refractivity contribution in [3.05, 3.63) is 18.2 Å². The minimum absolute atomic E-state index is 0.0925. The molecule has 174 valence electrons. The number of piperidine rings is 1. The van der Waals surface area contributed by atoms with Gasteiger partial charge in [0.25, 0.3) is 0 Å². The van der Waals surface area contributed by atoms with Gasteiger partial charge in [-0.1, -0.05) is 25.7 Å². The Morgan fingerprint density at radius 1 is 1.13 bits per heavy atom. The number of rotatable bonds is 8. The van der Waals surface area contributed by atoms with Gasteiger partial charge < -0.3 is 10.1 Å². The first-order valence-corrected chi connectivity index (χ1v) is 13.0. The number of nitrogens with zero attached hydrogens (tertiary/aromatic N) is 2. The van der Waals surface area contributed by atoms with Crippen LogP contribution in [0.15, 0.2) is 23.1 Å². The summed E-state index contributed by atoms with van der Waals surface area (Å²) in [6.07, 6.45) is 8.65. The van der Waals surface area contributed by atoms with Crippen molar-refractivity contribution in [3.63, 3.8) is 0 Å². The van der Waals surface area contributed by atoms with Crippen LogP contribution in [0.4, 0.5) is 5.69 Å². The number of benzene rings is 1. The van der Waals surface area contributed by atoms with Crippen molar-refractivity contribution in [2.75, 3.05) is 32.0 Å². The molecule has 8 heteroatoms. The molecule has 0 radical (unpaired) electrons. The highest BCUT2D eigenvalue weighted by Gasteiger charge is 2.27. The zero-order chi connectivity index (χ0) is 22.4. The summed E-state index contributed by atoms with van der Waals surface area (Å²) in [5.41, 5.74) is 0.411. The van der Waals surface area contributed by atoms with Crippen LogP contribution in [0.5, 0.6) is 5.75 Å². The molecule has 0 aromatic heterocycles. The van der Waals surface area contributed by atoms with Gasteiger partial charge in [-0.25, -0.2) is 8.42 Å². The topological polar surface area (TPSA) is 79.0 Å². The van der Waals surface area contributed by atoms with E-state index in [9.17, 15) is 13.2 Å². The number of likely N-dealkylation sites (N-methyl/N-ethyl adjacent to an activating group) is 1. The fourth-order valence-electron chi connectivity index (χ4n) is 4.45. The number of ether oxygens (including phenoxy) is 1. The van der Waals surface area contributed by atoms with E-state index in [-0.39, 0.29) is 23.5 Å². The van der Waals surface area contributed by atoms with Crippen molar-refractivity contribution < 1.29 is 17.9 Å². The second kappa shape index (κ2) is 10.8. The van der Waals surface area contributed by atoms with E-state index in [0.29, 0.717) is 30.6 Å². The highest BCUT2D eigenvalue weighted by atomic mass is 32.2. The van der Waals surface area contributed by atoms with E-state index >= 15 is 0 Å². The van der Waals surface area contributed by atoms with Crippen molar-refractivity contribution in [2.45, 2.75) is 82.3 Å². The monoisotopic (exact) mass is 451 g/mol. The van der Waals surface area contributed by atoms with Crippen LogP contribution in [0.25, 0.3) is 0 Å². The number of nitrogens with one attached hydrogen (secondary N) is 1. The summed E-state index contributed by atoms with van der Waals surface area (Å²) in [5, 5.41) is 2.91. The third-order valence-electron chi connectivity index (χ3n) is 6.13. The Bertz CT molecular complexity index is 844. The number of sulfonamides is 1. The fourth-order valence-corrected chi connectivity index (χ4v) is 5.99. The Kier molecular flexibility index (Phi) is 8.36. The molecule has 1 aliphatic carbocycles. The molecule has 0 atom stereocenters. The van der Waals surface area contributed by atoms with Crippen LogP contribution >= 0.6 is 0 Å². The third-order valence-corrected chi connectivity index (χ3v) is 8.03. The van der Waals surface area contributed by atoms with Crippen LogP contribution in [0.3, 0.4) is 0 Å². The summed E-state index contributed by atoms with van der Waals surface area (Å²) >= 11 is 0. The molecule has 3 rings (SSSR count). The maximum absolute atomic E-state index is 13.1. The van der Waals surface area contributed by atoms with Gasteiger partial charge in [-0.05, 0) is 64.8 Å². The van der Waals surface area contributed by atoms with Gasteiger partial charge in [0.2, 0.25) is 15.9 Å². The molecule has 0 unspecified atom stereocenters. The van der Waals surface area contributed by atoms with E-state index in [1.54, 1.807) is 18.2 Å². The highest BCUT2D eigenvalue weighted by Crippen LogP contribution is 2.31. The molecule has 1 amide bonds. The van der Waals surface area contributed by atoms with Gasteiger partial charge in [-0.15, -0.1) is 0 Å². The first-order chi connectivity index (χ1) is 14.8. The van der Waals surface area contributed by atoms with E-state index in [4.69, 9.17) is 4.74 Å². The van der Waals surface area contributed by atoms with Crippen molar-refractivity contribution in [1.29, 1.82) is 0 Å². The van der Waals surface area contributed by atoms with Gasteiger partial charge in [0.15, 0.2) is 0 Å². The third kappa shape index (κ3) is 6.43. The van der Waals surface area contributed by atoms with Crippen LogP contribution in [0.1, 0.15) is 65.2 Å². The predicted octanol–water partition coefficient (Wildman–Crippen LogP) is 3.85. The van der Waals surface area contributed by atoms with Crippen molar-refractivity contribution in [3.8, 4) is 5.75 Å². The largest absolute Gasteiger partial charge is 0.489 e. The SMILES string of the molecule is CC(C)Oc1ccc(S(=O)(=O)N2CCCCC2)cc1NC(=O)CN(C)C1CCCCC1. The van der Waals surface area contributed by atoms with E-state index in [2.05, 4.69) is 10.2 Å². The van der Waals surface area contributed by atoms with Gasteiger partial charge in [-0.2, -0.15) is 4.31 Å². The zero-order valence-corrected chi connectivity index (χ0v) is 19.9. The Hall–Kier alpha value is -1.64. The van der Waals surface area contributed by atoms with E-state index in [0.717, 1.165) is 32.1 Å². The summed E-state index contributed by atoms with van der Waals surface area (Å²) < 4.78 is 33.6. The first-order valence-electron chi connectivity index (χ1n) is 11.6. The average Bonchev–Trinajstić information content (AvgIpc) is 2.75. The number of hydrogen-bond acceptors (Lipinski definition) is 5. The second-order valence-electron chi connectivity index (χ2n) is 9.04. The van der Waals surface area contributed by atoms with E-state index in [1.165, 1.54) is 23.6 Å². The van der Waals surface area contributed by atoms with E-state index in [1.807, 2.05) is 20.9 Å². The molecule has 7 nitrogen and oxygen atoms in total. The van der Waals surface area contributed by atoms with Crippen LogP contribution < -0.4 is 10.1 Å². The molecule has 1 aromatic carbocycles. The minimum Gasteiger partial charge on any atom is -0.489 e. The Morgan fingerprint density at radius 3 is 2.42 bits per heavy atom. The number of anilines is 1. The smallest absolute Gasteiger partial charge is 0.243 e. The molecule has 1 saturated carbocycles. The maximum Gasteiger partial charge on any atom is 0.243 e. The lowest BCUT2D eigenvalue weighted by Gasteiger charge is -2.30. The number of carbonyl (C=O) groups is 1. The van der Waals surface area contributed by atoms with Crippen LogP contribution in [-0.2, 0) is 14.8 Å². The maximum atomic E-state index is 13.1. The van der Waals surface area contributed by atoms with Crippen LogP contribution in [0.2, 0.25) is 0 Å². The van der Waals surface area contributed by atoms with Crippen molar-refractivity contribution in [2.24, 2.45) is 0 Å². The average molecular weight is 452 g/mol. The Morgan fingerprint density at radius 2 is 1.77 bits per heavy atom. The van der Waals surface area contributed by atoms with Gasteiger partial charge in [-0.3, -0.25) is 9.69 Å². The fraction of sp³-hybridized carbons (Fsp3) is 0.696. The zero-order valence-electron chi connectivity index (χ0n) is 19.1. The lowest BCUT2D eigenvalue weighted by Crippen LogP contribution is -2.39. The number of carbonyl (C=O) groups excluding carboxylic acids is 1. The molecule has 1 heterocycles.